The maximum absolute atomic E-state index is 13.1. The van der Waals surface area contributed by atoms with Crippen LogP contribution >= 0.6 is 0 Å². The molecule has 2 aromatic heterocycles. The lowest BCUT2D eigenvalue weighted by molar-refractivity contribution is -0.111. The number of carbonyl (C=O) groups is 1. The molecule has 0 saturated carbocycles. The van der Waals surface area contributed by atoms with Crippen molar-refractivity contribution in [2.75, 3.05) is 12.4 Å². The summed E-state index contributed by atoms with van der Waals surface area (Å²) < 4.78 is 11.8. The molecule has 0 aliphatic carbocycles. The zero-order valence-corrected chi connectivity index (χ0v) is 16.2. The highest BCUT2D eigenvalue weighted by Crippen LogP contribution is 2.22. The molecule has 2 heterocycles. The normalized spacial score (nSPS) is 11.3. The van der Waals surface area contributed by atoms with Crippen LogP contribution in [-0.2, 0) is 4.79 Å². The van der Waals surface area contributed by atoms with Crippen LogP contribution in [0, 0.1) is 6.92 Å². The molecule has 0 fully saturated rings. The minimum atomic E-state index is -0.393. The lowest BCUT2D eigenvalue weighted by atomic mass is 10.1. The highest BCUT2D eigenvalue weighted by atomic mass is 16.5. The van der Waals surface area contributed by atoms with Gasteiger partial charge in [0.15, 0.2) is 5.82 Å². The third kappa shape index (κ3) is 4.07. The average Bonchev–Trinajstić information content (AvgIpc) is 3.44. The molecule has 0 unspecified atom stereocenters. The standard InChI is InChI=1S/C20H17N7O3/c1-13-23-25-26-27(13)18(10-14-5-3-8-17(9-14)29-2)19(28)22-16-7-4-6-15(11-16)20-24-21-12-30-20/h3-12H,1-2H3,(H,22,28)/b18-10-. The number of rotatable bonds is 6. The Hall–Kier alpha value is -4.34. The van der Waals surface area contributed by atoms with E-state index in [-0.39, 0.29) is 5.70 Å². The van der Waals surface area contributed by atoms with Crippen molar-refractivity contribution < 1.29 is 13.9 Å². The van der Waals surface area contributed by atoms with E-state index in [0.717, 1.165) is 5.56 Å². The summed E-state index contributed by atoms with van der Waals surface area (Å²) in [4.78, 5) is 13.1. The first-order chi connectivity index (χ1) is 14.6. The summed E-state index contributed by atoms with van der Waals surface area (Å²) in [5.74, 6) is 1.11. The number of aromatic nitrogens is 6. The summed E-state index contributed by atoms with van der Waals surface area (Å²) >= 11 is 0. The van der Waals surface area contributed by atoms with E-state index in [4.69, 9.17) is 9.15 Å². The Labute approximate surface area is 171 Å². The van der Waals surface area contributed by atoms with Crippen molar-refractivity contribution >= 4 is 23.4 Å². The van der Waals surface area contributed by atoms with Gasteiger partial charge in [0, 0.05) is 11.3 Å². The van der Waals surface area contributed by atoms with Crippen LogP contribution in [0.15, 0.2) is 59.3 Å². The van der Waals surface area contributed by atoms with Crippen molar-refractivity contribution in [1.82, 2.24) is 30.4 Å². The lowest BCUT2D eigenvalue weighted by Gasteiger charge is -2.10. The van der Waals surface area contributed by atoms with Gasteiger partial charge in [-0.15, -0.1) is 15.3 Å². The molecule has 30 heavy (non-hydrogen) atoms. The van der Waals surface area contributed by atoms with Gasteiger partial charge < -0.3 is 14.5 Å². The molecular formula is C20H17N7O3. The molecule has 10 nitrogen and oxygen atoms in total. The molecule has 0 aliphatic rings. The van der Waals surface area contributed by atoms with Crippen LogP contribution in [0.25, 0.3) is 23.2 Å². The van der Waals surface area contributed by atoms with E-state index in [2.05, 4.69) is 31.0 Å². The summed E-state index contributed by atoms with van der Waals surface area (Å²) in [6, 6.07) is 14.4. The minimum Gasteiger partial charge on any atom is -0.497 e. The summed E-state index contributed by atoms with van der Waals surface area (Å²) in [7, 11) is 1.58. The Kier molecular flexibility index (Phi) is 5.29. The zero-order valence-electron chi connectivity index (χ0n) is 16.2. The second-order valence-corrected chi connectivity index (χ2v) is 6.22. The van der Waals surface area contributed by atoms with Crippen molar-refractivity contribution in [2.24, 2.45) is 0 Å². The number of carbonyl (C=O) groups excluding carboxylic acids is 1. The average molecular weight is 403 g/mol. The number of hydrogen-bond donors (Lipinski definition) is 1. The fourth-order valence-corrected chi connectivity index (χ4v) is 2.79. The molecule has 0 aliphatic heterocycles. The van der Waals surface area contributed by atoms with Gasteiger partial charge in [0.25, 0.3) is 5.91 Å². The smallest absolute Gasteiger partial charge is 0.274 e. The summed E-state index contributed by atoms with van der Waals surface area (Å²) in [6.07, 6.45) is 2.93. The lowest BCUT2D eigenvalue weighted by Crippen LogP contribution is -2.19. The van der Waals surface area contributed by atoms with Crippen molar-refractivity contribution in [1.29, 1.82) is 0 Å². The summed E-state index contributed by atoms with van der Waals surface area (Å²) in [6.45, 7) is 1.71. The maximum atomic E-state index is 13.1. The fourth-order valence-electron chi connectivity index (χ4n) is 2.79. The largest absolute Gasteiger partial charge is 0.497 e. The molecule has 2 aromatic carbocycles. The van der Waals surface area contributed by atoms with Gasteiger partial charge in [-0.25, -0.2) is 0 Å². The third-order valence-corrected chi connectivity index (χ3v) is 4.21. The molecule has 1 amide bonds. The SMILES string of the molecule is COc1cccc(/C=C(/C(=O)Nc2cccc(-c3nnco3)c2)n2nnnc2C)c1. The number of benzene rings is 2. The quantitative estimate of drug-likeness (QED) is 0.488. The van der Waals surface area contributed by atoms with Crippen LogP contribution < -0.4 is 10.1 Å². The number of nitrogens with zero attached hydrogens (tertiary/aromatic N) is 6. The number of methoxy groups -OCH3 is 1. The predicted molar refractivity (Wildman–Crippen MR) is 108 cm³/mol. The molecule has 0 saturated heterocycles. The number of ether oxygens (including phenoxy) is 1. The van der Waals surface area contributed by atoms with E-state index in [1.807, 2.05) is 30.3 Å². The van der Waals surface area contributed by atoms with Gasteiger partial charge >= 0.3 is 0 Å². The first-order valence-corrected chi connectivity index (χ1v) is 8.93. The number of anilines is 1. The zero-order chi connectivity index (χ0) is 20.9. The maximum Gasteiger partial charge on any atom is 0.274 e. The third-order valence-electron chi connectivity index (χ3n) is 4.21. The first kappa shape index (κ1) is 19.0. The van der Waals surface area contributed by atoms with E-state index in [1.54, 1.807) is 38.3 Å². The molecule has 1 N–H and O–H groups in total. The number of aryl methyl sites for hydroxylation is 1. The van der Waals surface area contributed by atoms with Gasteiger partial charge in [0.1, 0.15) is 11.4 Å². The van der Waals surface area contributed by atoms with E-state index < -0.39 is 5.91 Å². The molecule has 0 radical (unpaired) electrons. The second kappa shape index (κ2) is 8.35. The molecule has 4 aromatic rings. The highest BCUT2D eigenvalue weighted by molar-refractivity contribution is 6.24. The van der Waals surface area contributed by atoms with Crippen LogP contribution in [0.5, 0.6) is 5.75 Å². The summed E-state index contributed by atoms with van der Waals surface area (Å²) in [5.41, 5.74) is 2.24. The van der Waals surface area contributed by atoms with E-state index in [0.29, 0.717) is 28.7 Å². The van der Waals surface area contributed by atoms with Gasteiger partial charge in [0.2, 0.25) is 12.3 Å². The Bertz CT molecular complexity index is 1200. The Balaban J connectivity index is 1.68. The second-order valence-electron chi connectivity index (χ2n) is 6.22. The van der Waals surface area contributed by atoms with Gasteiger partial charge in [-0.05, 0) is 59.3 Å². The number of amides is 1. The number of nitrogens with one attached hydrogen (secondary N) is 1. The molecule has 4 rings (SSSR count). The molecule has 0 bridgehead atoms. The molecule has 150 valence electrons. The topological polar surface area (TPSA) is 121 Å². The first-order valence-electron chi connectivity index (χ1n) is 8.93. The Morgan fingerprint density at radius 1 is 1.17 bits per heavy atom. The van der Waals surface area contributed by atoms with Crippen molar-refractivity contribution in [3.8, 4) is 17.2 Å². The van der Waals surface area contributed by atoms with Crippen molar-refractivity contribution in [2.45, 2.75) is 6.92 Å². The van der Waals surface area contributed by atoms with Crippen molar-refractivity contribution in [3.05, 3.63) is 66.3 Å². The Morgan fingerprint density at radius 2 is 2.03 bits per heavy atom. The van der Waals surface area contributed by atoms with Crippen LogP contribution in [-0.4, -0.2) is 43.4 Å². The highest BCUT2D eigenvalue weighted by Gasteiger charge is 2.17. The van der Waals surface area contributed by atoms with Crippen LogP contribution in [0.3, 0.4) is 0 Å². The van der Waals surface area contributed by atoms with Crippen molar-refractivity contribution in [3.63, 3.8) is 0 Å². The van der Waals surface area contributed by atoms with Gasteiger partial charge in [-0.2, -0.15) is 4.68 Å². The fraction of sp³-hybridized carbons (Fsp3) is 0.100. The predicted octanol–water partition coefficient (Wildman–Crippen LogP) is 2.68. The molecule has 10 heteroatoms. The van der Waals surface area contributed by atoms with E-state index in [9.17, 15) is 4.79 Å². The monoisotopic (exact) mass is 403 g/mol. The Morgan fingerprint density at radius 3 is 2.77 bits per heavy atom. The van der Waals surface area contributed by atoms with E-state index >= 15 is 0 Å². The van der Waals surface area contributed by atoms with Gasteiger partial charge in [0.05, 0.1) is 7.11 Å². The number of hydrogen-bond acceptors (Lipinski definition) is 8. The summed E-state index contributed by atoms with van der Waals surface area (Å²) in [5, 5.41) is 21.9. The van der Waals surface area contributed by atoms with Crippen LogP contribution in [0.4, 0.5) is 5.69 Å². The number of tetrazole rings is 1. The molecule has 0 spiro atoms. The molecular weight excluding hydrogens is 386 g/mol. The van der Waals surface area contributed by atoms with Crippen LogP contribution in [0.1, 0.15) is 11.4 Å². The minimum absolute atomic E-state index is 0.244. The van der Waals surface area contributed by atoms with Gasteiger partial charge in [-0.3, -0.25) is 4.79 Å². The molecule has 0 atom stereocenters. The van der Waals surface area contributed by atoms with Gasteiger partial charge in [-0.1, -0.05) is 18.2 Å². The van der Waals surface area contributed by atoms with Crippen LogP contribution in [0.2, 0.25) is 0 Å². The van der Waals surface area contributed by atoms with E-state index in [1.165, 1.54) is 11.1 Å².